The van der Waals surface area contributed by atoms with Gasteiger partial charge in [0.1, 0.15) is 11.7 Å². The fourth-order valence-electron chi connectivity index (χ4n) is 7.57. The highest BCUT2D eigenvalue weighted by Crippen LogP contribution is 2.51. The number of anilines is 3. The van der Waals surface area contributed by atoms with Crippen molar-refractivity contribution in [3.8, 4) is 0 Å². The van der Waals surface area contributed by atoms with Crippen LogP contribution < -0.4 is 20.4 Å². The molecule has 5 unspecified atom stereocenters. The van der Waals surface area contributed by atoms with Crippen LogP contribution in [0, 0.1) is 0 Å². The highest BCUT2D eigenvalue weighted by molar-refractivity contribution is 7.08. The molecule has 8 heteroatoms. The smallest absolute Gasteiger partial charge is 0.331 e. The standard InChI is InChI=1S/C37H40N4O3S/c1-23(35(43)44)19-25-11-13-30-32(20-25)40(3)36(38-30)37(16-8-17-37)39-34(42)26-12-14-31-29(21-26)24(2)33(27-15-18-45-22-27)41(31)28-9-6-4-5-7-10-28/h6,8-9,11-16,18-22,24,28,33,36,38H,4-5,7,10,17H2,1-3H3,(H,39,42)(H,43,44)/b23-19+. The number of benzene rings is 2. The van der Waals surface area contributed by atoms with Crippen molar-refractivity contribution >= 4 is 46.4 Å². The maximum absolute atomic E-state index is 14.0. The predicted octanol–water partition coefficient (Wildman–Crippen LogP) is 7.72. The quantitative estimate of drug-likeness (QED) is 0.185. The molecular weight excluding hydrogens is 580 g/mol. The minimum absolute atomic E-state index is 0.0823. The van der Waals surface area contributed by atoms with E-state index in [9.17, 15) is 14.7 Å². The number of nitrogens with one attached hydrogen (secondary N) is 2. The van der Waals surface area contributed by atoms with Crippen LogP contribution >= 0.6 is 11.3 Å². The Morgan fingerprint density at radius 1 is 1.11 bits per heavy atom. The maximum Gasteiger partial charge on any atom is 0.331 e. The lowest BCUT2D eigenvalue weighted by Gasteiger charge is -2.44. The van der Waals surface area contributed by atoms with Crippen molar-refractivity contribution in [1.82, 2.24) is 5.32 Å². The van der Waals surface area contributed by atoms with Crippen LogP contribution in [0.3, 0.4) is 0 Å². The Morgan fingerprint density at radius 3 is 2.69 bits per heavy atom. The molecule has 3 N–H and O–H groups in total. The van der Waals surface area contributed by atoms with E-state index in [0.29, 0.717) is 18.0 Å². The van der Waals surface area contributed by atoms with Crippen molar-refractivity contribution in [2.24, 2.45) is 0 Å². The number of allylic oxidation sites excluding steroid dienone is 1. The zero-order valence-corrected chi connectivity index (χ0v) is 26.8. The fraction of sp³-hybridized carbons (Fsp3) is 0.351. The molecule has 2 aliphatic heterocycles. The van der Waals surface area contributed by atoms with Gasteiger partial charge in [-0.3, -0.25) is 4.79 Å². The summed E-state index contributed by atoms with van der Waals surface area (Å²) < 4.78 is 0. The first-order valence-electron chi connectivity index (χ1n) is 15.9. The van der Waals surface area contributed by atoms with Gasteiger partial charge < -0.3 is 25.5 Å². The normalized spacial score (nSPS) is 27.0. The van der Waals surface area contributed by atoms with E-state index in [-0.39, 0.29) is 29.6 Å². The highest BCUT2D eigenvalue weighted by Gasteiger charge is 2.47. The summed E-state index contributed by atoms with van der Waals surface area (Å²) in [6.07, 6.45) is 15.9. The number of aliphatic carboxylic acids is 1. The number of thiophene rings is 1. The second-order valence-corrected chi connectivity index (χ2v) is 13.7. The number of carboxylic acid groups (broad SMARTS) is 1. The van der Waals surface area contributed by atoms with Crippen LogP contribution in [-0.2, 0) is 4.79 Å². The zero-order valence-electron chi connectivity index (χ0n) is 26.0. The SMILES string of the molecule is C/C(=C\c1ccc2c(c1)N(C)C(C1(NC(=O)c3ccc4c(c3)C(C)C(c3ccsc3)N4C3C=CCCCC3)C=CC1)N2)C(=O)O. The van der Waals surface area contributed by atoms with Crippen molar-refractivity contribution in [3.05, 3.63) is 105 Å². The molecule has 0 bridgehead atoms. The molecular formula is C37H40N4O3S. The topological polar surface area (TPSA) is 84.9 Å². The third-order valence-electron chi connectivity index (χ3n) is 10.1. The lowest BCUT2D eigenvalue weighted by molar-refractivity contribution is -0.132. The van der Waals surface area contributed by atoms with Crippen LogP contribution in [0.2, 0.25) is 0 Å². The summed E-state index contributed by atoms with van der Waals surface area (Å²) in [4.78, 5) is 30.1. The van der Waals surface area contributed by atoms with Gasteiger partial charge in [-0.2, -0.15) is 11.3 Å². The molecule has 2 aliphatic carbocycles. The number of carbonyl (C=O) groups excluding carboxylic acids is 1. The lowest BCUT2D eigenvalue weighted by atomic mass is 9.81. The number of rotatable bonds is 7. The number of carboxylic acids is 1. The minimum Gasteiger partial charge on any atom is -0.478 e. The van der Waals surface area contributed by atoms with Gasteiger partial charge in [0, 0.05) is 35.8 Å². The van der Waals surface area contributed by atoms with E-state index in [1.54, 1.807) is 24.3 Å². The summed E-state index contributed by atoms with van der Waals surface area (Å²) in [5.74, 6) is -0.763. The van der Waals surface area contributed by atoms with Gasteiger partial charge in [-0.25, -0.2) is 4.79 Å². The highest BCUT2D eigenvalue weighted by atomic mass is 32.1. The first-order chi connectivity index (χ1) is 21.8. The first-order valence-corrected chi connectivity index (χ1v) is 16.9. The fourth-order valence-corrected chi connectivity index (χ4v) is 8.26. The summed E-state index contributed by atoms with van der Waals surface area (Å²) in [5, 5.41) is 20.8. The molecule has 2 aromatic carbocycles. The van der Waals surface area contributed by atoms with Gasteiger partial charge >= 0.3 is 5.97 Å². The van der Waals surface area contributed by atoms with Crippen molar-refractivity contribution in [3.63, 3.8) is 0 Å². The van der Waals surface area contributed by atoms with E-state index in [4.69, 9.17) is 0 Å². The van der Waals surface area contributed by atoms with Crippen molar-refractivity contribution in [2.75, 3.05) is 22.2 Å². The second-order valence-electron chi connectivity index (χ2n) is 12.9. The van der Waals surface area contributed by atoms with Crippen LogP contribution in [0.15, 0.2) is 83.1 Å². The molecule has 4 aliphatic rings. The van der Waals surface area contributed by atoms with Crippen LogP contribution in [0.25, 0.3) is 6.08 Å². The molecule has 0 saturated heterocycles. The Balaban J connectivity index is 1.15. The van der Waals surface area contributed by atoms with Gasteiger partial charge in [0.2, 0.25) is 0 Å². The molecule has 0 saturated carbocycles. The molecule has 0 spiro atoms. The zero-order chi connectivity index (χ0) is 31.3. The van der Waals surface area contributed by atoms with Gasteiger partial charge in [-0.05, 0) is 103 Å². The Labute approximate surface area is 268 Å². The molecule has 1 amide bonds. The molecule has 0 fully saturated rings. The summed E-state index contributed by atoms with van der Waals surface area (Å²) >= 11 is 1.74. The first kappa shape index (κ1) is 29.4. The molecule has 7 nitrogen and oxygen atoms in total. The Hall–Kier alpha value is -4.30. The van der Waals surface area contributed by atoms with Crippen LogP contribution in [0.4, 0.5) is 17.1 Å². The van der Waals surface area contributed by atoms with E-state index < -0.39 is 11.5 Å². The summed E-state index contributed by atoms with van der Waals surface area (Å²) in [5.41, 5.74) is 6.95. The largest absolute Gasteiger partial charge is 0.478 e. The summed E-state index contributed by atoms with van der Waals surface area (Å²) in [6.45, 7) is 3.90. The summed E-state index contributed by atoms with van der Waals surface area (Å²) in [7, 11) is 2.01. The van der Waals surface area contributed by atoms with Gasteiger partial charge in [0.25, 0.3) is 5.91 Å². The molecule has 1 aromatic heterocycles. The average Bonchev–Trinajstić information content (AvgIpc) is 3.65. The molecule has 3 aromatic rings. The predicted molar refractivity (Wildman–Crippen MR) is 183 cm³/mol. The van der Waals surface area contributed by atoms with Gasteiger partial charge in [0.15, 0.2) is 0 Å². The number of carbonyl (C=O) groups is 2. The monoisotopic (exact) mass is 620 g/mol. The second kappa shape index (κ2) is 11.6. The van der Waals surface area contributed by atoms with E-state index >= 15 is 0 Å². The maximum atomic E-state index is 14.0. The molecule has 7 rings (SSSR count). The molecule has 45 heavy (non-hydrogen) atoms. The number of hydrogen-bond donors (Lipinski definition) is 3. The number of nitrogens with zero attached hydrogens (tertiary/aromatic N) is 2. The average molecular weight is 621 g/mol. The molecule has 232 valence electrons. The molecule has 5 atom stereocenters. The Morgan fingerprint density at radius 2 is 1.96 bits per heavy atom. The van der Waals surface area contributed by atoms with Crippen LogP contribution in [0.5, 0.6) is 0 Å². The Bertz CT molecular complexity index is 1730. The van der Waals surface area contributed by atoms with Gasteiger partial charge in [0.05, 0.1) is 17.4 Å². The van der Waals surface area contributed by atoms with Gasteiger partial charge in [-0.1, -0.05) is 43.7 Å². The molecule has 3 heterocycles. The van der Waals surface area contributed by atoms with E-state index in [0.717, 1.165) is 29.8 Å². The van der Waals surface area contributed by atoms with Crippen molar-refractivity contribution in [1.29, 1.82) is 0 Å². The molecule has 0 radical (unpaired) electrons. The third kappa shape index (κ3) is 5.15. The van der Waals surface area contributed by atoms with Crippen molar-refractivity contribution in [2.45, 2.75) is 75.7 Å². The summed E-state index contributed by atoms with van der Waals surface area (Å²) in [6, 6.07) is 15.0. The number of likely N-dealkylation sites (N-methyl/N-ethyl adjacent to an activating group) is 1. The van der Waals surface area contributed by atoms with Crippen LogP contribution in [0.1, 0.15) is 85.0 Å². The minimum atomic E-state index is -0.932. The number of hydrogen-bond acceptors (Lipinski definition) is 6. The lowest BCUT2D eigenvalue weighted by Crippen LogP contribution is -2.64. The van der Waals surface area contributed by atoms with Gasteiger partial charge in [-0.15, -0.1) is 0 Å². The number of fused-ring (bicyclic) bond motifs is 2. The Kier molecular flexibility index (Phi) is 7.56. The number of amides is 1. The van der Waals surface area contributed by atoms with E-state index in [1.165, 1.54) is 29.7 Å². The van der Waals surface area contributed by atoms with E-state index in [1.807, 2.05) is 31.3 Å². The van der Waals surface area contributed by atoms with Crippen LogP contribution in [-0.4, -0.2) is 41.8 Å². The third-order valence-corrected chi connectivity index (χ3v) is 10.8. The van der Waals surface area contributed by atoms with Crippen molar-refractivity contribution < 1.29 is 14.7 Å². The van der Waals surface area contributed by atoms with E-state index in [2.05, 4.69) is 80.6 Å².